The zero-order valence-corrected chi connectivity index (χ0v) is 36.5. The van der Waals surface area contributed by atoms with Crippen LogP contribution in [0, 0.1) is 0 Å². The summed E-state index contributed by atoms with van der Waals surface area (Å²) in [4.78, 5) is 69.1. The molecule has 0 radical (unpaired) electrons. The Morgan fingerprint density at radius 2 is 0.984 bits per heavy atom. The summed E-state index contributed by atoms with van der Waals surface area (Å²) >= 11 is 0. The van der Waals surface area contributed by atoms with Crippen molar-refractivity contribution in [2.24, 2.45) is 5.73 Å². The second-order valence-electron chi connectivity index (χ2n) is 15.2. The van der Waals surface area contributed by atoms with Crippen molar-refractivity contribution in [3.63, 3.8) is 0 Å². The number of hydrogen-bond donors (Lipinski definition) is 9. The van der Waals surface area contributed by atoms with Crippen molar-refractivity contribution in [1.82, 2.24) is 21.3 Å². The molecule has 3 amide bonds. The van der Waals surface area contributed by atoms with Crippen LogP contribution >= 0.6 is 0 Å². The Bertz CT molecular complexity index is 1150. The molecule has 0 aromatic rings. The Hall–Kier alpha value is -3.46. The van der Waals surface area contributed by atoms with Crippen molar-refractivity contribution in [1.29, 1.82) is 0 Å². The van der Waals surface area contributed by atoms with Gasteiger partial charge in [0.2, 0.25) is 17.7 Å². The number of rotatable bonds is 46. The van der Waals surface area contributed by atoms with Crippen LogP contribution in [0.25, 0.3) is 0 Å². The molecule has 19 nitrogen and oxygen atoms in total. The minimum Gasteiger partial charge on any atom is -0.481 e. The van der Waals surface area contributed by atoms with Crippen LogP contribution in [0.4, 0.5) is 0 Å². The van der Waals surface area contributed by atoms with Crippen molar-refractivity contribution >= 4 is 35.6 Å². The number of aliphatic hydroxyl groups is 1. The quantitative estimate of drug-likeness (QED) is 0.0314. The van der Waals surface area contributed by atoms with Gasteiger partial charge in [-0.25, -0.2) is 4.79 Å². The van der Waals surface area contributed by atoms with Gasteiger partial charge >= 0.3 is 17.9 Å². The summed E-state index contributed by atoms with van der Waals surface area (Å²) in [7, 11) is 0. The third-order valence-electron chi connectivity index (χ3n) is 9.60. The Kier molecular flexibility index (Phi) is 39.5. The van der Waals surface area contributed by atoms with Crippen molar-refractivity contribution in [3.05, 3.63) is 0 Å². The Labute approximate surface area is 362 Å². The average Bonchev–Trinajstić information content (AvgIpc) is 3.21. The number of carbonyl (C=O) groups is 6. The summed E-state index contributed by atoms with van der Waals surface area (Å²) in [5.41, 5.74) is 5.42. The molecule has 0 saturated carbocycles. The van der Waals surface area contributed by atoms with E-state index in [1.54, 1.807) is 0 Å². The average molecular weight is 878 g/mol. The molecule has 3 unspecified atom stereocenters. The number of carbonyl (C=O) groups excluding carboxylic acids is 3. The van der Waals surface area contributed by atoms with Crippen molar-refractivity contribution in [2.75, 3.05) is 72.5 Å². The normalized spacial score (nSPS) is 12.7. The summed E-state index contributed by atoms with van der Waals surface area (Å²) < 4.78 is 21.4. The van der Waals surface area contributed by atoms with Crippen LogP contribution in [0.3, 0.4) is 0 Å². The van der Waals surface area contributed by atoms with Crippen molar-refractivity contribution in [3.8, 4) is 0 Å². The molecule has 0 aliphatic heterocycles. The fourth-order valence-corrected chi connectivity index (χ4v) is 6.07. The minimum absolute atomic E-state index is 0.0348. The number of nitrogens with two attached hydrogens (primary N) is 1. The molecule has 0 saturated heterocycles. The maximum absolute atomic E-state index is 12.3. The van der Waals surface area contributed by atoms with E-state index in [-0.39, 0.29) is 96.2 Å². The van der Waals surface area contributed by atoms with Gasteiger partial charge in [-0.1, -0.05) is 77.0 Å². The maximum atomic E-state index is 12.3. The second kappa shape index (κ2) is 41.9. The van der Waals surface area contributed by atoms with Gasteiger partial charge < -0.3 is 61.1 Å². The number of aliphatic carboxylic acids is 3. The zero-order valence-electron chi connectivity index (χ0n) is 36.5. The Balaban J connectivity index is 3.63. The first-order chi connectivity index (χ1) is 29.4. The molecule has 0 spiro atoms. The summed E-state index contributed by atoms with van der Waals surface area (Å²) in [5, 5.41) is 47.7. The van der Waals surface area contributed by atoms with Crippen LogP contribution < -0.4 is 27.0 Å². The van der Waals surface area contributed by atoms with Crippen LogP contribution in [0.5, 0.6) is 0 Å². The molecule has 61 heavy (non-hydrogen) atoms. The van der Waals surface area contributed by atoms with E-state index in [9.17, 15) is 39.0 Å². The molecule has 3 atom stereocenters. The number of hydrogen-bond acceptors (Lipinski definition) is 13. The van der Waals surface area contributed by atoms with E-state index in [2.05, 4.69) is 21.3 Å². The van der Waals surface area contributed by atoms with E-state index in [0.29, 0.717) is 51.8 Å². The lowest BCUT2D eigenvalue weighted by Gasteiger charge is -2.14. The van der Waals surface area contributed by atoms with Gasteiger partial charge in [0.1, 0.15) is 24.9 Å². The van der Waals surface area contributed by atoms with Crippen molar-refractivity contribution < 1.29 is 68.1 Å². The van der Waals surface area contributed by atoms with Gasteiger partial charge in [-0.3, -0.25) is 29.3 Å². The summed E-state index contributed by atoms with van der Waals surface area (Å²) in [6.45, 7) is 2.51. The molecule has 0 aliphatic carbocycles. The predicted octanol–water partition coefficient (Wildman–Crippen LogP) is 2.84. The molecule has 0 aromatic carbocycles. The smallest absolute Gasteiger partial charge is 0.326 e. The molecule has 0 fully saturated rings. The molecule has 356 valence electrons. The minimum atomic E-state index is -1.12. The fraction of sp³-hybridized carbons (Fsp3) is 0.857. The standard InChI is InChI=1S/C42H79N5O14/c43-34(41(54)55)18-15-16-23-44-38(50)32-60-30-29-59-27-25-46-39(51)33-61-31-28-58-26-24-45-36(48)21-17-19-35(42(56)57)47-37(49)20-13-11-9-7-5-3-1-2-4-6-8-10-12-14-22-40(52)53/h34-35,39,46,51H,1-33,43H2,(H,44,50)(H,45,48)(H,47,49)(H,52,53)(H,54,55)(H,56,57). The predicted molar refractivity (Wildman–Crippen MR) is 228 cm³/mol. The molecule has 0 bridgehead atoms. The monoisotopic (exact) mass is 878 g/mol. The first-order valence-corrected chi connectivity index (χ1v) is 22.4. The van der Waals surface area contributed by atoms with Crippen LogP contribution in [-0.4, -0.2) is 147 Å². The van der Waals surface area contributed by atoms with Gasteiger partial charge in [-0.05, 0) is 44.9 Å². The third-order valence-corrected chi connectivity index (χ3v) is 9.60. The number of ether oxygens (including phenoxy) is 4. The highest BCUT2D eigenvalue weighted by Gasteiger charge is 2.20. The first-order valence-electron chi connectivity index (χ1n) is 22.4. The van der Waals surface area contributed by atoms with Crippen molar-refractivity contribution in [2.45, 2.75) is 160 Å². The third kappa shape index (κ3) is 41.7. The van der Waals surface area contributed by atoms with E-state index >= 15 is 0 Å². The van der Waals surface area contributed by atoms with Crippen LogP contribution in [-0.2, 0) is 47.7 Å². The zero-order chi connectivity index (χ0) is 45.2. The molecule has 0 aliphatic rings. The van der Waals surface area contributed by atoms with Crippen LogP contribution in [0.1, 0.15) is 141 Å². The number of aliphatic hydroxyl groups excluding tert-OH is 1. The molecular formula is C42H79N5O14. The van der Waals surface area contributed by atoms with Gasteiger partial charge in [-0.2, -0.15) is 0 Å². The Morgan fingerprint density at radius 1 is 0.475 bits per heavy atom. The van der Waals surface area contributed by atoms with Crippen LogP contribution in [0.2, 0.25) is 0 Å². The summed E-state index contributed by atoms with van der Waals surface area (Å²) in [6, 6.07) is -1.93. The number of carboxylic acids is 3. The van der Waals surface area contributed by atoms with Gasteiger partial charge in [0.05, 0.1) is 46.2 Å². The lowest BCUT2D eigenvalue weighted by Crippen LogP contribution is -2.40. The number of unbranched alkanes of at least 4 members (excludes halogenated alkanes) is 14. The second-order valence-corrected chi connectivity index (χ2v) is 15.2. The molecule has 19 heteroatoms. The molecule has 0 rings (SSSR count). The molecule has 10 N–H and O–H groups in total. The lowest BCUT2D eigenvalue weighted by molar-refractivity contribution is -0.142. The molecule has 0 aromatic heterocycles. The summed E-state index contributed by atoms with van der Waals surface area (Å²) in [6.07, 6.45) is 17.0. The topological polar surface area (TPSA) is 294 Å². The number of carboxylic acid groups (broad SMARTS) is 3. The highest BCUT2D eigenvalue weighted by atomic mass is 16.5. The molecule has 0 heterocycles. The maximum Gasteiger partial charge on any atom is 0.326 e. The van der Waals surface area contributed by atoms with E-state index in [1.807, 2.05) is 0 Å². The highest BCUT2D eigenvalue weighted by Crippen LogP contribution is 2.14. The molecular weight excluding hydrogens is 798 g/mol. The van der Waals surface area contributed by atoms with Gasteiger partial charge in [0, 0.05) is 38.9 Å². The summed E-state index contributed by atoms with van der Waals surface area (Å²) in [5.74, 6) is -3.68. The van der Waals surface area contributed by atoms with Crippen LogP contribution in [0.15, 0.2) is 0 Å². The largest absolute Gasteiger partial charge is 0.481 e. The SMILES string of the molecule is NC(CCCCNC(=O)COCCOCCNC(O)COCCOCCNC(=O)CCCC(NC(=O)CCCCCCCCCCCCCCCCC(=O)O)C(=O)O)C(=O)O. The van der Waals surface area contributed by atoms with Gasteiger partial charge in [0.25, 0.3) is 0 Å². The van der Waals surface area contributed by atoms with E-state index < -0.39 is 36.2 Å². The fourth-order valence-electron chi connectivity index (χ4n) is 6.07. The van der Waals surface area contributed by atoms with Gasteiger partial charge in [0.15, 0.2) is 0 Å². The van der Waals surface area contributed by atoms with E-state index in [0.717, 1.165) is 38.5 Å². The number of nitrogens with one attached hydrogen (secondary N) is 4. The highest BCUT2D eigenvalue weighted by molar-refractivity contribution is 5.83. The lowest BCUT2D eigenvalue weighted by atomic mass is 10.0. The van der Waals surface area contributed by atoms with E-state index in [1.165, 1.54) is 44.9 Å². The number of amides is 3. The van der Waals surface area contributed by atoms with Gasteiger partial charge in [-0.15, -0.1) is 0 Å². The van der Waals surface area contributed by atoms with E-state index in [4.69, 9.17) is 34.9 Å². The first kappa shape index (κ1) is 57.5. The Morgan fingerprint density at radius 3 is 1.56 bits per heavy atom.